The van der Waals surface area contributed by atoms with Gasteiger partial charge in [-0.1, -0.05) is 0 Å². The number of hydrogen-bond donors (Lipinski definition) is 2. The standard InChI is InChI=1S/C12H12FN3O3/c1-17-11-6(7-5-9(14)16-15-7)4-8-12(10(11)13)19-3-2-18-8/h4-5H,2-3H2,1H3,(H3,14,15,16). The molecule has 7 heteroatoms. The minimum Gasteiger partial charge on any atom is -0.493 e. The van der Waals surface area contributed by atoms with Crippen LogP contribution in [0.15, 0.2) is 12.1 Å². The van der Waals surface area contributed by atoms with Gasteiger partial charge >= 0.3 is 0 Å². The second-order valence-electron chi connectivity index (χ2n) is 4.00. The number of benzene rings is 1. The topological polar surface area (TPSA) is 82.4 Å². The van der Waals surface area contributed by atoms with Gasteiger partial charge in [0.05, 0.1) is 12.8 Å². The molecule has 0 aliphatic carbocycles. The van der Waals surface area contributed by atoms with Crippen LogP contribution in [0.2, 0.25) is 0 Å². The third-order valence-corrected chi connectivity index (χ3v) is 2.82. The number of hydrogen-bond acceptors (Lipinski definition) is 5. The number of anilines is 1. The third kappa shape index (κ3) is 1.83. The fraction of sp³-hybridized carbons (Fsp3) is 0.250. The minimum atomic E-state index is -0.595. The SMILES string of the molecule is COc1c(-c2cc(N)n[nH]2)cc2c(c1F)OCCO2. The molecule has 0 amide bonds. The second-order valence-corrected chi connectivity index (χ2v) is 4.00. The smallest absolute Gasteiger partial charge is 0.211 e. The largest absolute Gasteiger partial charge is 0.493 e. The van der Waals surface area contributed by atoms with Crippen molar-refractivity contribution in [3.05, 3.63) is 17.9 Å². The maximum Gasteiger partial charge on any atom is 0.211 e. The van der Waals surface area contributed by atoms with Crippen molar-refractivity contribution in [3.8, 4) is 28.5 Å². The van der Waals surface area contributed by atoms with Gasteiger partial charge in [-0.05, 0) is 6.07 Å². The minimum absolute atomic E-state index is 0.0629. The highest BCUT2D eigenvalue weighted by Crippen LogP contribution is 2.44. The molecular formula is C12H12FN3O3. The lowest BCUT2D eigenvalue weighted by atomic mass is 10.1. The van der Waals surface area contributed by atoms with Crippen molar-refractivity contribution in [2.24, 2.45) is 0 Å². The summed E-state index contributed by atoms with van der Waals surface area (Å²) < 4.78 is 30.1. The van der Waals surface area contributed by atoms with Crippen LogP contribution >= 0.6 is 0 Å². The van der Waals surface area contributed by atoms with Gasteiger partial charge in [0, 0.05) is 11.6 Å². The molecule has 19 heavy (non-hydrogen) atoms. The lowest BCUT2D eigenvalue weighted by Gasteiger charge is -2.21. The summed E-state index contributed by atoms with van der Waals surface area (Å²) in [4.78, 5) is 0. The number of aromatic amines is 1. The third-order valence-electron chi connectivity index (χ3n) is 2.82. The van der Waals surface area contributed by atoms with Gasteiger partial charge in [-0.15, -0.1) is 0 Å². The summed E-state index contributed by atoms with van der Waals surface area (Å²) >= 11 is 0. The van der Waals surface area contributed by atoms with E-state index >= 15 is 0 Å². The Kier molecular flexibility index (Phi) is 2.66. The summed E-state index contributed by atoms with van der Waals surface area (Å²) in [7, 11) is 1.39. The molecule has 0 spiro atoms. The molecule has 1 aliphatic heterocycles. The highest BCUT2D eigenvalue weighted by molar-refractivity contribution is 5.73. The molecule has 3 rings (SSSR count). The lowest BCUT2D eigenvalue weighted by Crippen LogP contribution is -2.17. The van der Waals surface area contributed by atoms with Gasteiger partial charge in [-0.3, -0.25) is 5.10 Å². The first-order valence-corrected chi connectivity index (χ1v) is 5.68. The van der Waals surface area contributed by atoms with E-state index in [9.17, 15) is 4.39 Å². The predicted octanol–water partition coefficient (Wildman–Crippen LogP) is 1.58. The van der Waals surface area contributed by atoms with Crippen LogP contribution in [0.4, 0.5) is 10.2 Å². The highest BCUT2D eigenvalue weighted by Gasteiger charge is 2.25. The number of nitrogen functional groups attached to an aromatic ring is 1. The molecule has 1 aliphatic rings. The Hall–Kier alpha value is -2.44. The number of ether oxygens (including phenoxy) is 3. The molecule has 0 saturated carbocycles. The Morgan fingerprint density at radius 1 is 1.37 bits per heavy atom. The van der Waals surface area contributed by atoms with Crippen LogP contribution in [-0.2, 0) is 0 Å². The van der Waals surface area contributed by atoms with E-state index in [4.69, 9.17) is 19.9 Å². The first-order chi connectivity index (χ1) is 9.20. The van der Waals surface area contributed by atoms with Gasteiger partial charge < -0.3 is 19.9 Å². The summed E-state index contributed by atoms with van der Waals surface area (Å²) in [6.07, 6.45) is 0. The number of rotatable bonds is 2. The molecular weight excluding hydrogens is 253 g/mol. The van der Waals surface area contributed by atoms with Crippen molar-refractivity contribution < 1.29 is 18.6 Å². The summed E-state index contributed by atoms with van der Waals surface area (Å²) in [6, 6.07) is 3.23. The number of halogens is 1. The maximum atomic E-state index is 14.3. The van der Waals surface area contributed by atoms with Crippen LogP contribution in [0, 0.1) is 5.82 Å². The predicted molar refractivity (Wildman–Crippen MR) is 65.9 cm³/mol. The molecule has 6 nitrogen and oxygen atoms in total. The Balaban J connectivity index is 2.21. The molecule has 1 aromatic carbocycles. The molecule has 0 radical (unpaired) electrons. The summed E-state index contributed by atoms with van der Waals surface area (Å²) in [6.45, 7) is 0.687. The van der Waals surface area contributed by atoms with Crippen LogP contribution < -0.4 is 19.9 Å². The monoisotopic (exact) mass is 265 g/mol. The maximum absolute atomic E-state index is 14.3. The average Bonchev–Trinajstić information content (AvgIpc) is 2.85. The van der Waals surface area contributed by atoms with Gasteiger partial charge in [0.15, 0.2) is 11.5 Å². The van der Waals surface area contributed by atoms with E-state index in [1.807, 2.05) is 0 Å². The van der Waals surface area contributed by atoms with E-state index in [1.54, 1.807) is 12.1 Å². The van der Waals surface area contributed by atoms with Crippen LogP contribution in [-0.4, -0.2) is 30.5 Å². The van der Waals surface area contributed by atoms with Gasteiger partial charge in [-0.25, -0.2) is 0 Å². The second kappa shape index (κ2) is 4.34. The number of fused-ring (bicyclic) bond motifs is 1. The van der Waals surface area contributed by atoms with E-state index < -0.39 is 5.82 Å². The quantitative estimate of drug-likeness (QED) is 0.861. The summed E-state index contributed by atoms with van der Waals surface area (Å²) in [5.74, 6) is 0.190. The van der Waals surface area contributed by atoms with Crippen molar-refractivity contribution in [1.82, 2.24) is 10.2 Å². The number of nitrogens with zero attached hydrogens (tertiary/aromatic N) is 1. The molecule has 3 N–H and O–H groups in total. The van der Waals surface area contributed by atoms with Crippen LogP contribution in [0.5, 0.6) is 17.2 Å². The summed E-state index contributed by atoms with van der Waals surface area (Å²) in [5, 5.41) is 6.53. The zero-order valence-electron chi connectivity index (χ0n) is 10.2. The molecule has 1 aromatic heterocycles. The van der Waals surface area contributed by atoms with Crippen LogP contribution in [0.1, 0.15) is 0 Å². The fourth-order valence-electron chi connectivity index (χ4n) is 2.00. The van der Waals surface area contributed by atoms with Gasteiger partial charge in [0.1, 0.15) is 19.0 Å². The Morgan fingerprint density at radius 2 is 2.16 bits per heavy atom. The zero-order chi connectivity index (χ0) is 13.4. The van der Waals surface area contributed by atoms with Crippen molar-refractivity contribution >= 4 is 5.82 Å². The van der Waals surface area contributed by atoms with E-state index in [0.717, 1.165) is 0 Å². The van der Waals surface area contributed by atoms with E-state index in [0.29, 0.717) is 36.0 Å². The van der Waals surface area contributed by atoms with Crippen molar-refractivity contribution in [2.45, 2.75) is 0 Å². The Bertz CT molecular complexity index is 627. The number of nitrogens with one attached hydrogen (secondary N) is 1. The Labute approximate surface area is 108 Å². The van der Waals surface area contributed by atoms with Gasteiger partial charge in [0.2, 0.25) is 11.6 Å². The fourth-order valence-corrected chi connectivity index (χ4v) is 2.00. The van der Waals surface area contributed by atoms with Crippen molar-refractivity contribution in [2.75, 3.05) is 26.1 Å². The molecule has 0 unspecified atom stereocenters. The summed E-state index contributed by atoms with van der Waals surface area (Å²) in [5.41, 5.74) is 6.58. The average molecular weight is 265 g/mol. The first-order valence-electron chi connectivity index (χ1n) is 5.68. The van der Waals surface area contributed by atoms with E-state index in [2.05, 4.69) is 10.2 Å². The molecule has 100 valence electrons. The zero-order valence-corrected chi connectivity index (χ0v) is 10.2. The van der Waals surface area contributed by atoms with Crippen molar-refractivity contribution in [3.63, 3.8) is 0 Å². The molecule has 0 fully saturated rings. The molecule has 2 aromatic rings. The molecule has 2 heterocycles. The number of aromatic nitrogens is 2. The molecule has 0 bridgehead atoms. The first kappa shape index (κ1) is 11.6. The van der Waals surface area contributed by atoms with Crippen molar-refractivity contribution in [1.29, 1.82) is 0 Å². The van der Waals surface area contributed by atoms with Crippen LogP contribution in [0.25, 0.3) is 11.3 Å². The van der Waals surface area contributed by atoms with Gasteiger partial charge in [-0.2, -0.15) is 9.49 Å². The lowest BCUT2D eigenvalue weighted by molar-refractivity contribution is 0.162. The highest BCUT2D eigenvalue weighted by atomic mass is 19.1. The number of H-pyrrole nitrogens is 1. The van der Waals surface area contributed by atoms with Crippen LogP contribution in [0.3, 0.4) is 0 Å². The Morgan fingerprint density at radius 3 is 2.84 bits per heavy atom. The number of nitrogens with two attached hydrogens (primary N) is 1. The normalized spacial score (nSPS) is 13.4. The number of methoxy groups -OCH3 is 1. The van der Waals surface area contributed by atoms with E-state index in [1.165, 1.54) is 7.11 Å². The van der Waals surface area contributed by atoms with E-state index in [-0.39, 0.29) is 11.5 Å². The van der Waals surface area contributed by atoms with Gasteiger partial charge in [0.25, 0.3) is 0 Å². The molecule has 0 atom stereocenters. The molecule has 0 saturated heterocycles.